The van der Waals surface area contributed by atoms with Crippen LogP contribution in [0.25, 0.3) is 10.2 Å². The number of hydrogen-bond donors (Lipinski definition) is 0. The Labute approximate surface area is 88.8 Å². The number of nitrogens with zero attached hydrogens (tertiary/aromatic N) is 1. The highest BCUT2D eigenvalue weighted by Crippen LogP contribution is 2.27. The van der Waals surface area contributed by atoms with Gasteiger partial charge in [0.25, 0.3) is 0 Å². The first-order valence-electron chi connectivity index (χ1n) is 5.08. The number of thiazole rings is 1. The van der Waals surface area contributed by atoms with Crippen LogP contribution in [-0.4, -0.2) is 4.98 Å². The van der Waals surface area contributed by atoms with E-state index in [0.717, 1.165) is 6.42 Å². The zero-order valence-corrected chi connectivity index (χ0v) is 9.74. The maximum Gasteiger partial charge on any atom is 0.0907 e. The summed E-state index contributed by atoms with van der Waals surface area (Å²) >= 11 is 1.79. The quantitative estimate of drug-likeness (QED) is 0.725. The van der Waals surface area contributed by atoms with Gasteiger partial charge >= 0.3 is 0 Å². The number of aromatic nitrogens is 1. The number of aryl methyl sites for hydroxylation is 3. The van der Waals surface area contributed by atoms with Gasteiger partial charge in [0.05, 0.1) is 15.2 Å². The molecular formula is C12H15NS. The van der Waals surface area contributed by atoms with Gasteiger partial charge in [0.2, 0.25) is 0 Å². The van der Waals surface area contributed by atoms with Gasteiger partial charge in [-0.25, -0.2) is 4.98 Å². The monoisotopic (exact) mass is 205 g/mol. The van der Waals surface area contributed by atoms with Crippen LogP contribution in [0.4, 0.5) is 0 Å². The summed E-state index contributed by atoms with van der Waals surface area (Å²) in [5, 5.41) is 1.17. The molecule has 0 spiro atoms. The Hall–Kier alpha value is -0.890. The average Bonchev–Trinajstić information content (AvgIpc) is 2.51. The van der Waals surface area contributed by atoms with Crippen LogP contribution in [-0.2, 0) is 6.42 Å². The van der Waals surface area contributed by atoms with E-state index in [1.54, 1.807) is 11.3 Å². The summed E-state index contributed by atoms with van der Waals surface area (Å²) < 4.78 is 1.33. The molecule has 0 N–H and O–H groups in total. The third kappa shape index (κ3) is 1.55. The zero-order chi connectivity index (χ0) is 10.1. The summed E-state index contributed by atoms with van der Waals surface area (Å²) in [4.78, 5) is 4.61. The van der Waals surface area contributed by atoms with Crippen LogP contribution in [0.1, 0.15) is 29.5 Å². The van der Waals surface area contributed by atoms with E-state index in [0.29, 0.717) is 0 Å². The van der Waals surface area contributed by atoms with Gasteiger partial charge in [0, 0.05) is 0 Å². The van der Waals surface area contributed by atoms with Crippen LogP contribution >= 0.6 is 11.3 Å². The van der Waals surface area contributed by atoms with E-state index in [9.17, 15) is 0 Å². The lowest BCUT2D eigenvalue weighted by Crippen LogP contribution is -1.90. The van der Waals surface area contributed by atoms with Crippen LogP contribution in [0.2, 0.25) is 0 Å². The van der Waals surface area contributed by atoms with Gasteiger partial charge in [-0.05, 0) is 37.5 Å². The highest BCUT2D eigenvalue weighted by Gasteiger charge is 2.07. The van der Waals surface area contributed by atoms with Crippen molar-refractivity contribution < 1.29 is 0 Å². The molecule has 0 saturated heterocycles. The normalized spacial score (nSPS) is 11.1. The third-order valence-corrected chi connectivity index (χ3v) is 3.44. The molecule has 2 aromatic rings. The Morgan fingerprint density at radius 2 is 2.07 bits per heavy atom. The van der Waals surface area contributed by atoms with Crippen molar-refractivity contribution in [2.75, 3.05) is 0 Å². The van der Waals surface area contributed by atoms with E-state index >= 15 is 0 Å². The lowest BCUT2D eigenvalue weighted by molar-refractivity contribution is 0.918. The molecule has 2 rings (SSSR count). The van der Waals surface area contributed by atoms with Gasteiger partial charge in [-0.3, -0.25) is 0 Å². The topological polar surface area (TPSA) is 12.9 Å². The Bertz CT molecular complexity index is 457. The molecule has 0 aliphatic heterocycles. The summed E-state index contributed by atoms with van der Waals surface area (Å²) in [5.74, 6) is 0. The van der Waals surface area contributed by atoms with Crippen molar-refractivity contribution in [3.05, 3.63) is 28.3 Å². The summed E-state index contributed by atoms with van der Waals surface area (Å²) in [6.45, 7) is 6.48. The molecule has 0 atom stereocenters. The Balaban J connectivity index is 2.68. The SMILES string of the molecule is CCCc1c(C)ccc2sc(C)nc12. The van der Waals surface area contributed by atoms with Crippen LogP contribution in [0, 0.1) is 13.8 Å². The van der Waals surface area contributed by atoms with Gasteiger partial charge in [0.1, 0.15) is 0 Å². The number of rotatable bonds is 2. The molecule has 1 heterocycles. The summed E-state index contributed by atoms with van der Waals surface area (Å²) in [6.07, 6.45) is 2.34. The first kappa shape index (κ1) is 9.66. The summed E-state index contributed by atoms with van der Waals surface area (Å²) in [7, 11) is 0. The van der Waals surface area contributed by atoms with E-state index in [4.69, 9.17) is 0 Å². The lowest BCUT2D eigenvalue weighted by Gasteiger charge is -2.04. The van der Waals surface area contributed by atoms with Gasteiger partial charge in [0.15, 0.2) is 0 Å². The minimum atomic E-state index is 1.15. The van der Waals surface area contributed by atoms with Crippen LogP contribution in [0.3, 0.4) is 0 Å². The highest BCUT2D eigenvalue weighted by molar-refractivity contribution is 7.18. The van der Waals surface area contributed by atoms with E-state index in [1.165, 1.54) is 32.8 Å². The molecule has 0 aliphatic rings. The Morgan fingerprint density at radius 3 is 2.79 bits per heavy atom. The van der Waals surface area contributed by atoms with E-state index < -0.39 is 0 Å². The maximum atomic E-state index is 4.61. The van der Waals surface area contributed by atoms with Gasteiger partial charge in [-0.2, -0.15) is 0 Å². The zero-order valence-electron chi connectivity index (χ0n) is 8.92. The van der Waals surface area contributed by atoms with Gasteiger partial charge in [-0.1, -0.05) is 19.4 Å². The van der Waals surface area contributed by atoms with Crippen molar-refractivity contribution in [1.29, 1.82) is 0 Å². The predicted octanol–water partition coefficient (Wildman–Crippen LogP) is 3.87. The first-order chi connectivity index (χ1) is 6.72. The predicted molar refractivity (Wildman–Crippen MR) is 63.1 cm³/mol. The van der Waals surface area contributed by atoms with Crippen LogP contribution in [0.15, 0.2) is 12.1 Å². The highest BCUT2D eigenvalue weighted by atomic mass is 32.1. The second-order valence-electron chi connectivity index (χ2n) is 3.69. The molecule has 1 aromatic heterocycles. The van der Waals surface area contributed by atoms with Crippen LogP contribution < -0.4 is 0 Å². The standard InChI is InChI=1S/C12H15NS/c1-4-5-10-8(2)6-7-11-12(10)13-9(3)14-11/h6-7H,4-5H2,1-3H3. The Morgan fingerprint density at radius 1 is 1.29 bits per heavy atom. The summed E-state index contributed by atoms with van der Waals surface area (Å²) in [5.41, 5.74) is 4.05. The molecule has 0 saturated carbocycles. The molecule has 0 aliphatic carbocycles. The molecule has 0 unspecified atom stereocenters. The Kier molecular flexibility index (Phi) is 2.55. The van der Waals surface area contributed by atoms with Gasteiger partial charge in [-0.15, -0.1) is 11.3 Å². The molecule has 0 fully saturated rings. The van der Waals surface area contributed by atoms with Crippen molar-refractivity contribution in [2.24, 2.45) is 0 Å². The summed E-state index contributed by atoms with van der Waals surface area (Å²) in [6, 6.07) is 4.40. The van der Waals surface area contributed by atoms with Crippen molar-refractivity contribution in [1.82, 2.24) is 4.98 Å². The molecule has 0 radical (unpaired) electrons. The average molecular weight is 205 g/mol. The first-order valence-corrected chi connectivity index (χ1v) is 5.89. The number of benzene rings is 1. The van der Waals surface area contributed by atoms with E-state index in [-0.39, 0.29) is 0 Å². The fourth-order valence-electron chi connectivity index (χ4n) is 1.83. The molecule has 1 aromatic carbocycles. The molecule has 0 bridgehead atoms. The third-order valence-electron chi connectivity index (χ3n) is 2.51. The molecule has 14 heavy (non-hydrogen) atoms. The molecule has 0 amide bonds. The van der Waals surface area contributed by atoms with Crippen molar-refractivity contribution in [2.45, 2.75) is 33.6 Å². The minimum absolute atomic E-state index is 1.15. The van der Waals surface area contributed by atoms with E-state index in [1.807, 2.05) is 0 Å². The molecule has 1 nitrogen and oxygen atoms in total. The van der Waals surface area contributed by atoms with Crippen LogP contribution in [0.5, 0.6) is 0 Å². The molecule has 2 heteroatoms. The smallest absolute Gasteiger partial charge is 0.0907 e. The second-order valence-corrected chi connectivity index (χ2v) is 4.93. The largest absolute Gasteiger partial charge is 0.241 e. The van der Waals surface area contributed by atoms with E-state index in [2.05, 4.69) is 37.9 Å². The molecule has 74 valence electrons. The van der Waals surface area contributed by atoms with Crippen molar-refractivity contribution in [3.63, 3.8) is 0 Å². The second kappa shape index (κ2) is 3.70. The number of hydrogen-bond acceptors (Lipinski definition) is 2. The van der Waals surface area contributed by atoms with Crippen molar-refractivity contribution in [3.8, 4) is 0 Å². The molecular weight excluding hydrogens is 190 g/mol. The fraction of sp³-hybridized carbons (Fsp3) is 0.417. The van der Waals surface area contributed by atoms with Gasteiger partial charge < -0.3 is 0 Å². The van der Waals surface area contributed by atoms with Crippen molar-refractivity contribution >= 4 is 21.6 Å². The lowest BCUT2D eigenvalue weighted by atomic mass is 10.0. The minimum Gasteiger partial charge on any atom is -0.241 e. The number of fused-ring (bicyclic) bond motifs is 1. The fourth-order valence-corrected chi connectivity index (χ4v) is 2.68. The maximum absolute atomic E-state index is 4.61.